The van der Waals surface area contributed by atoms with Crippen LogP contribution in [-0.4, -0.2) is 39.7 Å². The standard InChI is InChI=1S/C19H19BrN2O2S/c1-25(24)14-5-6-18(22-8-7-13(23)11-22)15(10-14)17-9-12-3-2-4-16(20)19(12)21-17/h2-6,9-10,13,21,23H,7-8,11H2,1H3/t13?,25-/m1/s1. The second-order valence-corrected chi connectivity index (χ2v) is 8.64. The minimum absolute atomic E-state index is 0.287. The Labute approximate surface area is 157 Å². The topological polar surface area (TPSA) is 56.3 Å². The number of nitrogens with zero attached hydrogens (tertiary/aromatic N) is 1. The van der Waals surface area contributed by atoms with Gasteiger partial charge in [-0.25, -0.2) is 0 Å². The van der Waals surface area contributed by atoms with Crippen molar-refractivity contribution in [2.75, 3.05) is 24.2 Å². The summed E-state index contributed by atoms with van der Waals surface area (Å²) in [5, 5.41) is 11.0. The highest BCUT2D eigenvalue weighted by atomic mass is 79.9. The molecule has 25 heavy (non-hydrogen) atoms. The Bertz CT molecular complexity index is 969. The molecule has 1 saturated heterocycles. The van der Waals surface area contributed by atoms with Gasteiger partial charge in [0.25, 0.3) is 0 Å². The maximum atomic E-state index is 12.0. The summed E-state index contributed by atoms with van der Waals surface area (Å²) >= 11 is 3.59. The van der Waals surface area contributed by atoms with Crippen LogP contribution in [0, 0.1) is 0 Å². The number of halogens is 1. The van der Waals surface area contributed by atoms with E-state index in [1.807, 2.05) is 30.3 Å². The van der Waals surface area contributed by atoms with Gasteiger partial charge in [-0.15, -0.1) is 0 Å². The predicted molar refractivity (Wildman–Crippen MR) is 107 cm³/mol. The number of rotatable bonds is 3. The second kappa shape index (κ2) is 6.59. The van der Waals surface area contributed by atoms with Gasteiger partial charge < -0.3 is 15.0 Å². The highest BCUT2D eigenvalue weighted by Gasteiger charge is 2.24. The maximum absolute atomic E-state index is 12.0. The monoisotopic (exact) mass is 418 g/mol. The SMILES string of the molecule is C[S@@](=O)c1ccc(N2CCC(O)C2)c(-c2cc3cccc(Br)c3[nH]2)c1. The molecular formula is C19H19BrN2O2S. The van der Waals surface area contributed by atoms with Crippen LogP contribution >= 0.6 is 15.9 Å². The molecular weight excluding hydrogens is 400 g/mol. The van der Waals surface area contributed by atoms with Gasteiger partial charge in [0.1, 0.15) is 0 Å². The fraction of sp³-hybridized carbons (Fsp3) is 0.263. The van der Waals surface area contributed by atoms with Gasteiger partial charge in [-0.05, 0) is 52.7 Å². The first-order valence-electron chi connectivity index (χ1n) is 8.21. The van der Waals surface area contributed by atoms with E-state index in [0.29, 0.717) is 6.54 Å². The third kappa shape index (κ3) is 3.14. The Kier molecular flexibility index (Phi) is 4.43. The van der Waals surface area contributed by atoms with Crippen LogP contribution < -0.4 is 4.90 Å². The summed E-state index contributed by atoms with van der Waals surface area (Å²) in [4.78, 5) is 6.49. The number of fused-ring (bicyclic) bond motifs is 1. The summed E-state index contributed by atoms with van der Waals surface area (Å²) in [6.07, 6.45) is 2.18. The zero-order valence-corrected chi connectivity index (χ0v) is 16.2. The molecule has 0 radical (unpaired) electrons. The molecule has 130 valence electrons. The second-order valence-electron chi connectivity index (χ2n) is 6.41. The van der Waals surface area contributed by atoms with Gasteiger partial charge in [-0.1, -0.05) is 12.1 Å². The summed E-state index contributed by atoms with van der Waals surface area (Å²) in [6.45, 7) is 1.46. The smallest absolute Gasteiger partial charge is 0.0731 e. The van der Waals surface area contributed by atoms with E-state index in [-0.39, 0.29) is 6.10 Å². The lowest BCUT2D eigenvalue weighted by Gasteiger charge is -2.21. The Hall–Kier alpha value is -1.63. The quantitative estimate of drug-likeness (QED) is 0.677. The van der Waals surface area contributed by atoms with E-state index in [2.05, 4.69) is 37.9 Å². The summed E-state index contributed by atoms with van der Waals surface area (Å²) in [7, 11) is -1.04. The zero-order valence-electron chi connectivity index (χ0n) is 13.8. The number of aromatic amines is 1. The first kappa shape index (κ1) is 16.8. The molecule has 1 fully saturated rings. The first-order chi connectivity index (χ1) is 12.0. The van der Waals surface area contributed by atoms with Crippen molar-refractivity contribution in [2.24, 2.45) is 0 Å². The fourth-order valence-electron chi connectivity index (χ4n) is 3.41. The molecule has 6 heteroatoms. The lowest BCUT2D eigenvalue weighted by molar-refractivity contribution is 0.198. The van der Waals surface area contributed by atoms with Crippen LogP contribution in [0.5, 0.6) is 0 Å². The van der Waals surface area contributed by atoms with Crippen LogP contribution in [0.2, 0.25) is 0 Å². The number of hydrogen-bond acceptors (Lipinski definition) is 3. The largest absolute Gasteiger partial charge is 0.391 e. The van der Waals surface area contributed by atoms with Crippen LogP contribution in [0.1, 0.15) is 6.42 Å². The number of aromatic nitrogens is 1. The van der Waals surface area contributed by atoms with Gasteiger partial charge in [0.2, 0.25) is 0 Å². The number of H-pyrrole nitrogens is 1. The molecule has 0 bridgehead atoms. The summed E-state index contributed by atoms with van der Waals surface area (Å²) in [6, 6.07) is 14.1. The van der Waals surface area contributed by atoms with E-state index in [9.17, 15) is 9.32 Å². The molecule has 0 amide bonds. The zero-order chi connectivity index (χ0) is 17.6. The Morgan fingerprint density at radius 3 is 2.80 bits per heavy atom. The van der Waals surface area contributed by atoms with Crippen LogP contribution in [0.4, 0.5) is 5.69 Å². The van der Waals surface area contributed by atoms with E-state index in [1.54, 1.807) is 6.26 Å². The van der Waals surface area contributed by atoms with E-state index in [0.717, 1.165) is 50.2 Å². The number of nitrogens with one attached hydrogen (secondary N) is 1. The molecule has 0 aliphatic carbocycles. The van der Waals surface area contributed by atoms with E-state index < -0.39 is 10.8 Å². The van der Waals surface area contributed by atoms with Crippen molar-refractivity contribution in [2.45, 2.75) is 17.4 Å². The van der Waals surface area contributed by atoms with Gasteiger partial charge in [-0.2, -0.15) is 0 Å². The van der Waals surface area contributed by atoms with Crippen molar-refractivity contribution in [1.82, 2.24) is 4.98 Å². The number of hydrogen-bond donors (Lipinski definition) is 2. The number of anilines is 1. The normalized spacial score (nSPS) is 18.8. The van der Waals surface area contributed by atoms with Crippen molar-refractivity contribution >= 4 is 43.3 Å². The van der Waals surface area contributed by atoms with Crippen LogP contribution in [0.3, 0.4) is 0 Å². The molecule has 2 aromatic carbocycles. The average molecular weight is 419 g/mol. The molecule has 3 aromatic rings. The lowest BCUT2D eigenvalue weighted by Crippen LogP contribution is -2.21. The van der Waals surface area contributed by atoms with Crippen molar-refractivity contribution < 1.29 is 9.32 Å². The predicted octanol–water partition coefficient (Wildman–Crippen LogP) is 3.91. The molecule has 0 saturated carbocycles. The van der Waals surface area contributed by atoms with Gasteiger partial charge in [0, 0.05) is 61.8 Å². The summed E-state index contributed by atoms with van der Waals surface area (Å²) < 4.78 is 13.0. The van der Waals surface area contributed by atoms with E-state index in [1.165, 1.54) is 0 Å². The Morgan fingerprint density at radius 1 is 1.28 bits per heavy atom. The third-order valence-electron chi connectivity index (χ3n) is 4.70. The van der Waals surface area contributed by atoms with Crippen molar-refractivity contribution in [1.29, 1.82) is 0 Å². The van der Waals surface area contributed by atoms with E-state index in [4.69, 9.17) is 0 Å². The lowest BCUT2D eigenvalue weighted by atomic mass is 10.1. The number of aliphatic hydroxyl groups is 1. The van der Waals surface area contributed by atoms with Crippen molar-refractivity contribution in [3.8, 4) is 11.3 Å². The number of β-amino-alcohol motifs (C(OH)–C–C–N with tert-alkyl or cyclic N) is 1. The molecule has 2 heterocycles. The van der Waals surface area contributed by atoms with Crippen molar-refractivity contribution in [3.05, 3.63) is 46.9 Å². The maximum Gasteiger partial charge on any atom is 0.0731 e. The van der Waals surface area contributed by atoms with Crippen LogP contribution in [0.15, 0.2) is 51.8 Å². The molecule has 2 atom stereocenters. The average Bonchev–Trinajstić information content (AvgIpc) is 3.21. The van der Waals surface area contributed by atoms with E-state index >= 15 is 0 Å². The highest BCUT2D eigenvalue weighted by molar-refractivity contribution is 9.10. The summed E-state index contributed by atoms with van der Waals surface area (Å²) in [5.74, 6) is 0. The third-order valence-corrected chi connectivity index (χ3v) is 6.28. The Morgan fingerprint density at radius 2 is 2.12 bits per heavy atom. The van der Waals surface area contributed by atoms with Gasteiger partial charge in [-0.3, -0.25) is 4.21 Å². The van der Waals surface area contributed by atoms with Gasteiger partial charge >= 0.3 is 0 Å². The van der Waals surface area contributed by atoms with Crippen LogP contribution in [-0.2, 0) is 10.8 Å². The number of benzene rings is 2. The molecule has 4 nitrogen and oxygen atoms in total. The number of aliphatic hydroxyl groups excluding tert-OH is 1. The number of para-hydroxylation sites is 1. The minimum Gasteiger partial charge on any atom is -0.391 e. The minimum atomic E-state index is -1.04. The fourth-order valence-corrected chi connectivity index (χ4v) is 4.43. The van der Waals surface area contributed by atoms with Gasteiger partial charge in [0.15, 0.2) is 0 Å². The summed E-state index contributed by atoms with van der Waals surface area (Å²) in [5.41, 5.74) is 4.12. The first-order valence-corrected chi connectivity index (χ1v) is 10.6. The van der Waals surface area contributed by atoms with Crippen LogP contribution in [0.25, 0.3) is 22.2 Å². The molecule has 0 spiro atoms. The van der Waals surface area contributed by atoms with Gasteiger partial charge in [0.05, 0.1) is 11.6 Å². The molecule has 1 aliphatic heterocycles. The molecule has 2 N–H and O–H groups in total. The van der Waals surface area contributed by atoms with Crippen molar-refractivity contribution in [3.63, 3.8) is 0 Å². The highest BCUT2D eigenvalue weighted by Crippen LogP contribution is 2.36. The Balaban J connectivity index is 1.89. The molecule has 1 aromatic heterocycles. The molecule has 1 unspecified atom stereocenters. The molecule has 1 aliphatic rings. The molecule has 4 rings (SSSR count).